The molecule has 1 aromatic carbocycles. The van der Waals surface area contributed by atoms with Gasteiger partial charge in [0, 0.05) is 12.6 Å². The molecule has 106 valence electrons. The Morgan fingerprint density at radius 2 is 2.25 bits per heavy atom. The molecule has 0 saturated carbocycles. The van der Waals surface area contributed by atoms with Crippen LogP contribution in [0.2, 0.25) is 0 Å². The highest BCUT2D eigenvalue weighted by Gasteiger charge is 2.17. The second-order valence-corrected chi connectivity index (χ2v) is 5.37. The van der Waals surface area contributed by atoms with E-state index in [1.807, 2.05) is 13.8 Å². The maximum atomic E-state index is 11.4. The number of benzene rings is 1. The number of thiazole rings is 1. The van der Waals surface area contributed by atoms with E-state index in [-0.39, 0.29) is 18.1 Å². The van der Waals surface area contributed by atoms with Crippen LogP contribution in [-0.2, 0) is 4.79 Å². The number of fused-ring (bicyclic) bond motifs is 1. The lowest BCUT2D eigenvalue weighted by Gasteiger charge is -2.07. The molecule has 0 spiro atoms. The molecule has 0 saturated heterocycles. The number of carbonyl (C=O) groups excluding carboxylic acids is 1. The van der Waals surface area contributed by atoms with Crippen LogP contribution in [0.15, 0.2) is 12.1 Å². The first-order valence-electron chi connectivity index (χ1n) is 6.07. The van der Waals surface area contributed by atoms with Crippen molar-refractivity contribution in [2.75, 3.05) is 18.4 Å². The van der Waals surface area contributed by atoms with Crippen molar-refractivity contribution in [3.8, 4) is 0 Å². The van der Waals surface area contributed by atoms with E-state index in [4.69, 9.17) is 0 Å². The van der Waals surface area contributed by atoms with Gasteiger partial charge in [0.2, 0.25) is 5.91 Å². The molecule has 2 rings (SSSR count). The topological polar surface area (TPSA) is 97.2 Å². The zero-order valence-electron chi connectivity index (χ0n) is 11.1. The first-order chi connectivity index (χ1) is 9.51. The monoisotopic (exact) mass is 294 g/mol. The molecule has 20 heavy (non-hydrogen) atoms. The van der Waals surface area contributed by atoms with Gasteiger partial charge < -0.3 is 10.6 Å². The Kier molecular flexibility index (Phi) is 4.14. The zero-order chi connectivity index (χ0) is 14.7. The van der Waals surface area contributed by atoms with Crippen molar-refractivity contribution in [1.82, 2.24) is 10.3 Å². The number of amides is 1. The minimum atomic E-state index is -0.464. The lowest BCUT2D eigenvalue weighted by Crippen LogP contribution is -2.29. The smallest absolute Gasteiger partial charge is 0.293 e. The number of aryl methyl sites for hydroxylation is 1. The summed E-state index contributed by atoms with van der Waals surface area (Å²) in [6.45, 7) is 4.17. The molecule has 0 bridgehead atoms. The van der Waals surface area contributed by atoms with E-state index in [1.54, 1.807) is 6.07 Å². The quantitative estimate of drug-likeness (QED) is 0.650. The average Bonchev–Trinajstić information content (AvgIpc) is 2.74. The van der Waals surface area contributed by atoms with Crippen LogP contribution in [0.25, 0.3) is 10.2 Å². The van der Waals surface area contributed by atoms with Crippen LogP contribution in [0.1, 0.15) is 11.9 Å². The summed E-state index contributed by atoms with van der Waals surface area (Å²) in [6, 6.07) is 3.09. The Morgan fingerprint density at radius 1 is 1.50 bits per heavy atom. The molecular formula is C12H14N4O3S. The molecule has 0 unspecified atom stereocenters. The predicted molar refractivity (Wildman–Crippen MR) is 78.2 cm³/mol. The van der Waals surface area contributed by atoms with Crippen LogP contribution < -0.4 is 10.6 Å². The van der Waals surface area contributed by atoms with Crippen LogP contribution in [0, 0.1) is 17.0 Å². The predicted octanol–water partition coefficient (Wildman–Crippen LogP) is 2.06. The van der Waals surface area contributed by atoms with E-state index in [2.05, 4.69) is 15.6 Å². The minimum Gasteiger partial charge on any atom is -0.370 e. The van der Waals surface area contributed by atoms with Gasteiger partial charge >= 0.3 is 0 Å². The van der Waals surface area contributed by atoms with Crippen LogP contribution in [0.3, 0.4) is 0 Å². The summed E-state index contributed by atoms with van der Waals surface area (Å²) < 4.78 is 0.762. The number of carbonyl (C=O) groups is 1. The van der Waals surface area contributed by atoms with Gasteiger partial charge in [-0.15, -0.1) is 11.3 Å². The van der Waals surface area contributed by atoms with Gasteiger partial charge in [-0.2, -0.15) is 0 Å². The molecule has 7 nitrogen and oxygen atoms in total. The Labute approximate surface area is 119 Å². The molecule has 0 aliphatic carbocycles. The van der Waals surface area contributed by atoms with E-state index < -0.39 is 4.92 Å². The van der Waals surface area contributed by atoms with E-state index in [0.29, 0.717) is 17.7 Å². The Bertz CT molecular complexity index is 668. The van der Waals surface area contributed by atoms with Gasteiger partial charge in [0.1, 0.15) is 5.69 Å². The lowest BCUT2D eigenvalue weighted by atomic mass is 10.2. The van der Waals surface area contributed by atoms with Gasteiger partial charge in [-0.05, 0) is 19.9 Å². The van der Waals surface area contributed by atoms with Crippen molar-refractivity contribution >= 4 is 38.8 Å². The number of hydrogen-bond donors (Lipinski definition) is 2. The fraction of sp³-hybridized carbons (Fsp3) is 0.333. The second kappa shape index (κ2) is 5.83. The Balaban J connectivity index is 2.31. The fourth-order valence-electron chi connectivity index (χ4n) is 1.81. The number of nitrogens with zero attached hydrogens (tertiary/aromatic N) is 2. The fourth-order valence-corrected chi connectivity index (χ4v) is 2.65. The summed E-state index contributed by atoms with van der Waals surface area (Å²) in [6.07, 6.45) is 0. The highest BCUT2D eigenvalue weighted by atomic mass is 32.1. The summed E-state index contributed by atoms with van der Waals surface area (Å²) >= 11 is 1.40. The van der Waals surface area contributed by atoms with Gasteiger partial charge in [0.15, 0.2) is 0 Å². The summed E-state index contributed by atoms with van der Waals surface area (Å²) in [5.74, 6) is -0.212. The third kappa shape index (κ3) is 3.02. The van der Waals surface area contributed by atoms with E-state index >= 15 is 0 Å². The van der Waals surface area contributed by atoms with Gasteiger partial charge in [-0.3, -0.25) is 14.9 Å². The standard InChI is InChI=1S/C12H14N4O3S/c1-3-13-12(17)6-14-8-4-9-11(20-7(2)15-9)5-10(8)16(18)19/h4-5,14H,3,6H2,1-2H3,(H,13,17). The van der Waals surface area contributed by atoms with Gasteiger partial charge in [0.25, 0.3) is 5.69 Å². The van der Waals surface area contributed by atoms with Gasteiger partial charge in [0.05, 0.1) is 26.7 Å². The zero-order valence-corrected chi connectivity index (χ0v) is 11.9. The van der Waals surface area contributed by atoms with Crippen LogP contribution in [0.4, 0.5) is 11.4 Å². The van der Waals surface area contributed by atoms with E-state index in [9.17, 15) is 14.9 Å². The van der Waals surface area contributed by atoms with Gasteiger partial charge in [-0.1, -0.05) is 0 Å². The Morgan fingerprint density at radius 3 is 2.90 bits per heavy atom. The molecule has 2 aromatic rings. The number of likely N-dealkylation sites (N-methyl/N-ethyl adjacent to an activating group) is 1. The molecule has 1 amide bonds. The van der Waals surface area contributed by atoms with Gasteiger partial charge in [-0.25, -0.2) is 4.98 Å². The number of nitrogens with one attached hydrogen (secondary N) is 2. The molecule has 1 heterocycles. The number of aromatic nitrogens is 1. The number of nitro benzene ring substituents is 1. The Hall–Kier alpha value is -2.22. The molecule has 0 aliphatic rings. The van der Waals surface area contributed by atoms with Crippen molar-refractivity contribution in [2.24, 2.45) is 0 Å². The number of rotatable bonds is 5. The molecule has 0 aliphatic heterocycles. The van der Waals surface area contributed by atoms with Crippen molar-refractivity contribution in [3.63, 3.8) is 0 Å². The third-order valence-electron chi connectivity index (χ3n) is 2.62. The molecule has 2 N–H and O–H groups in total. The van der Waals surface area contributed by atoms with E-state index in [0.717, 1.165) is 9.71 Å². The number of nitro groups is 1. The minimum absolute atomic E-state index is 0.0106. The normalized spacial score (nSPS) is 10.5. The van der Waals surface area contributed by atoms with Crippen molar-refractivity contribution in [1.29, 1.82) is 0 Å². The highest BCUT2D eigenvalue weighted by molar-refractivity contribution is 7.18. The van der Waals surface area contributed by atoms with Crippen LogP contribution >= 0.6 is 11.3 Å². The summed E-state index contributed by atoms with van der Waals surface area (Å²) in [5, 5.41) is 17.3. The summed E-state index contributed by atoms with van der Waals surface area (Å²) in [5.41, 5.74) is 0.945. The molecule has 0 atom stereocenters. The van der Waals surface area contributed by atoms with Crippen molar-refractivity contribution < 1.29 is 9.72 Å². The number of anilines is 1. The third-order valence-corrected chi connectivity index (χ3v) is 3.56. The largest absolute Gasteiger partial charge is 0.370 e. The number of hydrogen-bond acceptors (Lipinski definition) is 6. The van der Waals surface area contributed by atoms with Crippen molar-refractivity contribution in [2.45, 2.75) is 13.8 Å². The summed E-state index contributed by atoms with van der Waals surface area (Å²) in [7, 11) is 0. The SMILES string of the molecule is CCNC(=O)CNc1cc2nc(C)sc2cc1[N+](=O)[O-]. The maximum Gasteiger partial charge on any atom is 0.293 e. The highest BCUT2D eigenvalue weighted by Crippen LogP contribution is 2.32. The van der Waals surface area contributed by atoms with Crippen LogP contribution in [-0.4, -0.2) is 28.9 Å². The van der Waals surface area contributed by atoms with Crippen LogP contribution in [0.5, 0.6) is 0 Å². The second-order valence-electron chi connectivity index (χ2n) is 4.13. The molecule has 1 aromatic heterocycles. The average molecular weight is 294 g/mol. The van der Waals surface area contributed by atoms with Crippen molar-refractivity contribution in [3.05, 3.63) is 27.3 Å². The van der Waals surface area contributed by atoms with E-state index in [1.165, 1.54) is 17.4 Å². The molecule has 8 heteroatoms. The molecular weight excluding hydrogens is 280 g/mol. The molecule has 0 fully saturated rings. The first-order valence-corrected chi connectivity index (χ1v) is 6.89. The summed E-state index contributed by atoms with van der Waals surface area (Å²) in [4.78, 5) is 26.3. The first kappa shape index (κ1) is 14.2. The lowest BCUT2D eigenvalue weighted by molar-refractivity contribution is -0.383. The molecule has 0 radical (unpaired) electrons. The maximum absolute atomic E-state index is 11.4.